The number of nitrogens with zero attached hydrogens (tertiary/aromatic N) is 1. The maximum Gasteiger partial charge on any atom is 0.311 e. The van der Waals surface area contributed by atoms with E-state index in [9.17, 15) is 4.79 Å². The van der Waals surface area contributed by atoms with Crippen LogP contribution in [0, 0.1) is 5.41 Å². The van der Waals surface area contributed by atoms with Crippen molar-refractivity contribution in [2.75, 3.05) is 13.7 Å². The Labute approximate surface area is 159 Å². The third-order valence-electron chi connectivity index (χ3n) is 4.72. The van der Waals surface area contributed by atoms with Gasteiger partial charge in [0, 0.05) is 5.56 Å². The van der Waals surface area contributed by atoms with Gasteiger partial charge in [-0.1, -0.05) is 12.1 Å². The molecular weight excluding hydrogens is 340 g/mol. The summed E-state index contributed by atoms with van der Waals surface area (Å²) in [5.74, 6) is 1.53. The van der Waals surface area contributed by atoms with Gasteiger partial charge in [-0.2, -0.15) is 0 Å². The Morgan fingerprint density at radius 1 is 1.07 bits per heavy atom. The smallest absolute Gasteiger partial charge is 0.311 e. The summed E-state index contributed by atoms with van der Waals surface area (Å²) < 4.78 is 10.6. The van der Waals surface area contributed by atoms with Crippen LogP contribution in [0.3, 0.4) is 0 Å². The van der Waals surface area contributed by atoms with Crippen molar-refractivity contribution >= 4 is 17.0 Å². The molecule has 0 aliphatic carbocycles. The van der Waals surface area contributed by atoms with Crippen molar-refractivity contribution in [2.45, 2.75) is 33.1 Å². The summed E-state index contributed by atoms with van der Waals surface area (Å²) in [6, 6.07) is 15.9. The fourth-order valence-electron chi connectivity index (χ4n) is 3.04. The first-order chi connectivity index (χ1) is 13.0. The molecule has 0 aliphatic heterocycles. The molecule has 142 valence electrons. The Kier molecular flexibility index (Phi) is 5.79. The second kappa shape index (κ2) is 8.25. The second-order valence-electron chi connectivity index (χ2n) is 7.31. The molecule has 27 heavy (non-hydrogen) atoms. The minimum atomic E-state index is -0.441. The lowest BCUT2D eigenvalue weighted by atomic mass is 9.87. The van der Waals surface area contributed by atoms with Crippen molar-refractivity contribution in [1.29, 1.82) is 0 Å². The predicted octanol–water partition coefficient (Wildman–Crippen LogP) is 4.98. The minimum absolute atomic E-state index is 0.162. The van der Waals surface area contributed by atoms with Crippen LogP contribution in [0.2, 0.25) is 0 Å². The SMILES string of the molecule is COC(=O)C(C)(C)CCCCOc1ccc(-c2nc3ccccc3[nH]2)cc1. The molecule has 1 heterocycles. The highest BCUT2D eigenvalue weighted by atomic mass is 16.5. The maximum absolute atomic E-state index is 11.7. The molecule has 1 N–H and O–H groups in total. The molecule has 0 bridgehead atoms. The van der Waals surface area contributed by atoms with E-state index in [0.29, 0.717) is 6.61 Å². The van der Waals surface area contributed by atoms with E-state index in [1.54, 1.807) is 0 Å². The predicted molar refractivity (Wildman–Crippen MR) is 107 cm³/mol. The van der Waals surface area contributed by atoms with Gasteiger partial charge in [0.1, 0.15) is 11.6 Å². The van der Waals surface area contributed by atoms with E-state index in [0.717, 1.165) is 47.4 Å². The van der Waals surface area contributed by atoms with Crippen LogP contribution < -0.4 is 4.74 Å². The molecule has 0 fully saturated rings. The zero-order valence-electron chi connectivity index (χ0n) is 16.1. The normalized spacial score (nSPS) is 11.5. The molecule has 0 saturated heterocycles. The van der Waals surface area contributed by atoms with Crippen molar-refractivity contribution in [2.24, 2.45) is 5.41 Å². The van der Waals surface area contributed by atoms with Gasteiger partial charge in [0.05, 0.1) is 30.2 Å². The van der Waals surface area contributed by atoms with Crippen molar-refractivity contribution < 1.29 is 14.3 Å². The van der Waals surface area contributed by atoms with Crippen LogP contribution in [-0.4, -0.2) is 29.7 Å². The van der Waals surface area contributed by atoms with Crippen molar-refractivity contribution in [1.82, 2.24) is 9.97 Å². The van der Waals surface area contributed by atoms with Crippen LogP contribution in [0.5, 0.6) is 5.75 Å². The van der Waals surface area contributed by atoms with E-state index in [1.807, 2.05) is 62.4 Å². The molecule has 3 rings (SSSR count). The number of carbonyl (C=O) groups excluding carboxylic acids is 1. The highest BCUT2D eigenvalue weighted by Crippen LogP contribution is 2.25. The van der Waals surface area contributed by atoms with E-state index < -0.39 is 5.41 Å². The van der Waals surface area contributed by atoms with Crippen molar-refractivity contribution in [3.63, 3.8) is 0 Å². The molecule has 2 aromatic carbocycles. The molecule has 0 aliphatic rings. The Bertz CT molecular complexity index is 864. The summed E-state index contributed by atoms with van der Waals surface area (Å²) in [5.41, 5.74) is 2.58. The number of hydrogen-bond acceptors (Lipinski definition) is 4. The van der Waals surface area contributed by atoms with Gasteiger partial charge in [-0.25, -0.2) is 4.98 Å². The van der Waals surface area contributed by atoms with E-state index >= 15 is 0 Å². The summed E-state index contributed by atoms with van der Waals surface area (Å²) in [7, 11) is 1.43. The van der Waals surface area contributed by atoms with Gasteiger partial charge < -0.3 is 14.5 Å². The number of rotatable bonds is 8. The first-order valence-corrected chi connectivity index (χ1v) is 9.26. The molecule has 5 nitrogen and oxygen atoms in total. The van der Waals surface area contributed by atoms with E-state index in [-0.39, 0.29) is 5.97 Å². The van der Waals surface area contributed by atoms with Crippen LogP contribution in [0.25, 0.3) is 22.4 Å². The number of fused-ring (bicyclic) bond motifs is 1. The van der Waals surface area contributed by atoms with E-state index in [1.165, 1.54) is 7.11 Å². The zero-order chi connectivity index (χ0) is 19.3. The Morgan fingerprint density at radius 3 is 2.52 bits per heavy atom. The number of para-hydroxylation sites is 2. The lowest BCUT2D eigenvalue weighted by Crippen LogP contribution is -2.25. The fraction of sp³-hybridized carbons (Fsp3) is 0.364. The first-order valence-electron chi connectivity index (χ1n) is 9.26. The monoisotopic (exact) mass is 366 g/mol. The number of ether oxygens (including phenoxy) is 2. The number of imidazole rings is 1. The first kappa shape index (κ1) is 19.0. The van der Waals surface area contributed by atoms with Crippen molar-refractivity contribution in [3.05, 3.63) is 48.5 Å². The van der Waals surface area contributed by atoms with E-state index in [4.69, 9.17) is 9.47 Å². The fourth-order valence-corrected chi connectivity index (χ4v) is 3.04. The average Bonchev–Trinajstić information content (AvgIpc) is 3.11. The molecule has 0 saturated carbocycles. The summed E-state index contributed by atoms with van der Waals surface area (Å²) in [6.45, 7) is 4.45. The average molecular weight is 366 g/mol. The van der Waals surface area contributed by atoms with Gasteiger partial charge in [-0.3, -0.25) is 4.79 Å². The molecule has 0 spiro atoms. The van der Waals surface area contributed by atoms with Gasteiger partial charge in [0.25, 0.3) is 0 Å². The van der Waals surface area contributed by atoms with Crippen molar-refractivity contribution in [3.8, 4) is 17.1 Å². The summed E-state index contributed by atoms with van der Waals surface area (Å²) >= 11 is 0. The molecule has 0 atom stereocenters. The summed E-state index contributed by atoms with van der Waals surface area (Å²) in [5, 5.41) is 0. The van der Waals surface area contributed by atoms with Crippen LogP contribution in [0.4, 0.5) is 0 Å². The number of carbonyl (C=O) groups is 1. The molecule has 1 aromatic heterocycles. The topological polar surface area (TPSA) is 64.2 Å². The van der Waals surface area contributed by atoms with Gasteiger partial charge in [0.2, 0.25) is 0 Å². The van der Waals surface area contributed by atoms with Crippen LogP contribution in [0.15, 0.2) is 48.5 Å². The Balaban J connectivity index is 1.49. The third-order valence-corrected chi connectivity index (χ3v) is 4.72. The minimum Gasteiger partial charge on any atom is -0.494 e. The number of benzene rings is 2. The number of nitrogens with one attached hydrogen (secondary N) is 1. The second-order valence-corrected chi connectivity index (χ2v) is 7.31. The number of methoxy groups -OCH3 is 1. The molecule has 5 heteroatoms. The highest BCUT2D eigenvalue weighted by molar-refractivity contribution is 5.79. The third kappa shape index (κ3) is 4.67. The van der Waals surface area contributed by atoms with Crippen LogP contribution in [0.1, 0.15) is 33.1 Å². The largest absolute Gasteiger partial charge is 0.494 e. The molecular formula is C22H26N2O3. The Hall–Kier alpha value is -2.82. The van der Waals surface area contributed by atoms with E-state index in [2.05, 4.69) is 9.97 Å². The number of aromatic nitrogens is 2. The highest BCUT2D eigenvalue weighted by Gasteiger charge is 2.27. The van der Waals surface area contributed by atoms with Crippen LogP contribution >= 0.6 is 0 Å². The van der Waals surface area contributed by atoms with Gasteiger partial charge in [-0.15, -0.1) is 0 Å². The van der Waals surface area contributed by atoms with Crippen LogP contribution in [-0.2, 0) is 9.53 Å². The number of hydrogen-bond donors (Lipinski definition) is 1. The quantitative estimate of drug-likeness (QED) is 0.451. The summed E-state index contributed by atoms with van der Waals surface area (Å²) in [4.78, 5) is 19.6. The standard InChI is InChI=1S/C22H26N2O3/c1-22(2,21(25)26-3)14-6-7-15-27-17-12-10-16(11-13-17)20-23-18-8-4-5-9-19(18)24-20/h4-5,8-13H,6-7,14-15H2,1-3H3,(H,23,24). The Morgan fingerprint density at radius 2 is 1.81 bits per heavy atom. The molecule has 0 unspecified atom stereocenters. The zero-order valence-corrected chi connectivity index (χ0v) is 16.1. The number of aromatic amines is 1. The van der Waals surface area contributed by atoms with Gasteiger partial charge in [0.15, 0.2) is 0 Å². The molecule has 0 amide bonds. The number of esters is 1. The lowest BCUT2D eigenvalue weighted by Gasteiger charge is -2.21. The van der Waals surface area contributed by atoms with Gasteiger partial charge in [-0.05, 0) is 69.5 Å². The number of H-pyrrole nitrogens is 1. The summed E-state index contributed by atoms with van der Waals surface area (Å²) in [6.07, 6.45) is 2.60. The number of unbranched alkanes of at least 4 members (excludes halogenated alkanes) is 1. The molecule has 3 aromatic rings. The molecule has 0 radical (unpaired) electrons. The van der Waals surface area contributed by atoms with Gasteiger partial charge >= 0.3 is 5.97 Å². The maximum atomic E-state index is 11.7. The lowest BCUT2D eigenvalue weighted by molar-refractivity contribution is -0.151.